The van der Waals surface area contributed by atoms with Gasteiger partial charge in [-0.1, -0.05) is 42.5 Å². The molecule has 3 heteroatoms. The van der Waals surface area contributed by atoms with E-state index in [0.29, 0.717) is 17.4 Å². The van der Waals surface area contributed by atoms with Crippen LogP contribution in [0.1, 0.15) is 45.4 Å². The zero-order valence-electron chi connectivity index (χ0n) is 14.0. The van der Waals surface area contributed by atoms with Crippen molar-refractivity contribution in [2.45, 2.75) is 25.3 Å². The van der Waals surface area contributed by atoms with Crippen molar-refractivity contribution in [1.29, 1.82) is 0 Å². The van der Waals surface area contributed by atoms with E-state index in [2.05, 4.69) is 42.6 Å². The second-order valence-corrected chi connectivity index (χ2v) is 6.63. The number of hydrogen-bond donors (Lipinski definition) is 1. The number of rotatable bonds is 2. The van der Waals surface area contributed by atoms with E-state index in [1.807, 2.05) is 24.3 Å². The van der Waals surface area contributed by atoms with Gasteiger partial charge in [0.15, 0.2) is 0 Å². The number of aryl methyl sites for hydroxylation is 1. The van der Waals surface area contributed by atoms with E-state index >= 15 is 0 Å². The molecular formula is C21H21NO2. The highest BCUT2D eigenvalue weighted by atomic mass is 16.5. The van der Waals surface area contributed by atoms with Gasteiger partial charge >= 0.3 is 5.97 Å². The standard InChI is InChI=1S/C21H21NO2/c1-13-5-3-7-17-16-6-4-8-18(16)20(22-19(13)17)14-9-11-15(12-10-14)21(23)24-2/h3-7,9-12,16,18,20,22H,8H2,1-2H3/t16-,18+,20+/m0/s1. The molecule has 0 aromatic heterocycles. The number of fused-ring (bicyclic) bond motifs is 3. The number of allylic oxidation sites excluding steroid dienone is 2. The third-order valence-corrected chi connectivity index (χ3v) is 5.30. The van der Waals surface area contributed by atoms with Crippen molar-refractivity contribution < 1.29 is 9.53 Å². The minimum absolute atomic E-state index is 0.255. The Morgan fingerprint density at radius 2 is 1.96 bits per heavy atom. The van der Waals surface area contributed by atoms with Crippen LogP contribution in [0.2, 0.25) is 0 Å². The Balaban J connectivity index is 1.71. The zero-order chi connectivity index (χ0) is 16.7. The van der Waals surface area contributed by atoms with Crippen LogP contribution in [0.25, 0.3) is 0 Å². The molecule has 4 rings (SSSR count). The van der Waals surface area contributed by atoms with E-state index in [4.69, 9.17) is 4.74 Å². The van der Waals surface area contributed by atoms with Crippen molar-refractivity contribution >= 4 is 11.7 Å². The summed E-state index contributed by atoms with van der Waals surface area (Å²) in [7, 11) is 1.41. The molecule has 0 saturated carbocycles. The fourth-order valence-corrected chi connectivity index (χ4v) is 4.05. The number of esters is 1. The van der Waals surface area contributed by atoms with Gasteiger partial charge in [-0.3, -0.25) is 0 Å². The molecule has 2 aromatic carbocycles. The fourth-order valence-electron chi connectivity index (χ4n) is 4.05. The van der Waals surface area contributed by atoms with E-state index in [1.165, 1.54) is 29.5 Å². The molecule has 3 atom stereocenters. The Bertz CT molecular complexity index is 807. The van der Waals surface area contributed by atoms with Crippen LogP contribution in [-0.2, 0) is 4.74 Å². The van der Waals surface area contributed by atoms with E-state index in [1.54, 1.807) is 0 Å². The maximum atomic E-state index is 11.6. The lowest BCUT2D eigenvalue weighted by Crippen LogP contribution is -2.29. The first-order valence-corrected chi connectivity index (χ1v) is 8.40. The number of nitrogens with one attached hydrogen (secondary N) is 1. The molecule has 0 radical (unpaired) electrons. The molecule has 2 aromatic rings. The summed E-state index contributed by atoms with van der Waals surface area (Å²) in [6.45, 7) is 2.15. The summed E-state index contributed by atoms with van der Waals surface area (Å²) in [6.07, 6.45) is 5.72. The quantitative estimate of drug-likeness (QED) is 0.649. The highest BCUT2D eigenvalue weighted by molar-refractivity contribution is 5.89. The van der Waals surface area contributed by atoms with Crippen LogP contribution in [0.3, 0.4) is 0 Å². The van der Waals surface area contributed by atoms with Gasteiger partial charge < -0.3 is 10.1 Å². The molecule has 1 aliphatic carbocycles. The highest BCUT2D eigenvalue weighted by Gasteiger charge is 2.38. The van der Waals surface area contributed by atoms with E-state index in [0.717, 1.165) is 6.42 Å². The Hall–Kier alpha value is -2.55. The third-order valence-electron chi connectivity index (χ3n) is 5.30. The van der Waals surface area contributed by atoms with E-state index in [-0.39, 0.29) is 12.0 Å². The summed E-state index contributed by atoms with van der Waals surface area (Å²) in [6, 6.07) is 14.6. The van der Waals surface area contributed by atoms with Crippen LogP contribution in [0, 0.1) is 12.8 Å². The van der Waals surface area contributed by atoms with Gasteiger partial charge in [0.25, 0.3) is 0 Å². The fraction of sp³-hybridized carbons (Fsp3) is 0.286. The molecule has 0 spiro atoms. The van der Waals surface area contributed by atoms with Gasteiger partial charge in [-0.2, -0.15) is 0 Å². The van der Waals surface area contributed by atoms with Crippen LogP contribution in [-0.4, -0.2) is 13.1 Å². The molecule has 1 aliphatic heterocycles. The normalized spacial score (nSPS) is 24.0. The third kappa shape index (κ3) is 2.32. The lowest BCUT2D eigenvalue weighted by Gasteiger charge is -2.38. The molecule has 1 heterocycles. The van der Waals surface area contributed by atoms with E-state index < -0.39 is 0 Å². The highest BCUT2D eigenvalue weighted by Crippen LogP contribution is 2.50. The maximum absolute atomic E-state index is 11.6. The molecule has 3 nitrogen and oxygen atoms in total. The molecule has 122 valence electrons. The molecule has 1 N–H and O–H groups in total. The van der Waals surface area contributed by atoms with Crippen molar-refractivity contribution in [2.75, 3.05) is 12.4 Å². The van der Waals surface area contributed by atoms with Crippen LogP contribution in [0.15, 0.2) is 54.6 Å². The van der Waals surface area contributed by atoms with Gasteiger partial charge in [0.1, 0.15) is 0 Å². The van der Waals surface area contributed by atoms with Crippen LogP contribution in [0.4, 0.5) is 5.69 Å². The second kappa shape index (κ2) is 5.82. The van der Waals surface area contributed by atoms with Crippen LogP contribution >= 0.6 is 0 Å². The first-order valence-electron chi connectivity index (χ1n) is 8.40. The number of anilines is 1. The van der Waals surface area contributed by atoms with Crippen molar-refractivity contribution in [3.8, 4) is 0 Å². The summed E-state index contributed by atoms with van der Waals surface area (Å²) >= 11 is 0. The van der Waals surface area contributed by atoms with Gasteiger partial charge in [-0.05, 0) is 48.1 Å². The molecular weight excluding hydrogens is 298 g/mol. The average molecular weight is 319 g/mol. The average Bonchev–Trinajstić information content (AvgIpc) is 3.11. The summed E-state index contributed by atoms with van der Waals surface area (Å²) in [5.41, 5.74) is 5.75. The van der Waals surface area contributed by atoms with Gasteiger partial charge in [0, 0.05) is 11.6 Å². The second-order valence-electron chi connectivity index (χ2n) is 6.63. The Morgan fingerprint density at radius 3 is 2.71 bits per heavy atom. The first-order chi connectivity index (χ1) is 11.7. The number of carbonyl (C=O) groups excluding carboxylic acids is 1. The summed E-state index contributed by atoms with van der Waals surface area (Å²) in [5.74, 6) is 0.689. The number of carbonyl (C=O) groups is 1. The lowest BCUT2D eigenvalue weighted by atomic mass is 9.76. The predicted octanol–water partition coefficient (Wildman–Crippen LogP) is 4.61. The minimum Gasteiger partial charge on any atom is -0.465 e. The molecule has 0 fully saturated rings. The number of hydrogen-bond acceptors (Lipinski definition) is 3. The monoisotopic (exact) mass is 319 g/mol. The topological polar surface area (TPSA) is 38.3 Å². The SMILES string of the molecule is COC(=O)c1ccc([C@H]2Nc3c(C)cccc3[C@@H]3C=CC[C@@H]23)cc1. The van der Waals surface area contributed by atoms with E-state index in [9.17, 15) is 4.79 Å². The summed E-state index contributed by atoms with van der Waals surface area (Å²) in [5, 5.41) is 3.76. The van der Waals surface area contributed by atoms with Gasteiger partial charge in [0.2, 0.25) is 0 Å². The Morgan fingerprint density at radius 1 is 1.17 bits per heavy atom. The molecule has 0 saturated heterocycles. The molecule has 0 bridgehead atoms. The predicted molar refractivity (Wildman–Crippen MR) is 95.3 cm³/mol. The maximum Gasteiger partial charge on any atom is 0.337 e. The lowest BCUT2D eigenvalue weighted by molar-refractivity contribution is 0.0600. The number of benzene rings is 2. The van der Waals surface area contributed by atoms with Crippen molar-refractivity contribution in [1.82, 2.24) is 0 Å². The molecule has 24 heavy (non-hydrogen) atoms. The van der Waals surface area contributed by atoms with Gasteiger partial charge in [-0.15, -0.1) is 0 Å². The zero-order valence-corrected chi connectivity index (χ0v) is 14.0. The summed E-state index contributed by atoms with van der Waals surface area (Å²) < 4.78 is 4.79. The Labute approximate surface area is 142 Å². The minimum atomic E-state index is -0.292. The van der Waals surface area contributed by atoms with Crippen molar-refractivity contribution in [2.24, 2.45) is 5.92 Å². The van der Waals surface area contributed by atoms with Gasteiger partial charge in [0.05, 0.1) is 18.7 Å². The molecule has 2 aliphatic rings. The van der Waals surface area contributed by atoms with Gasteiger partial charge in [-0.25, -0.2) is 4.79 Å². The smallest absolute Gasteiger partial charge is 0.337 e. The number of ether oxygens (including phenoxy) is 1. The van der Waals surface area contributed by atoms with Crippen LogP contribution < -0.4 is 5.32 Å². The molecule has 0 amide bonds. The molecule has 0 unspecified atom stereocenters. The Kier molecular flexibility index (Phi) is 3.64. The van der Waals surface area contributed by atoms with Crippen molar-refractivity contribution in [3.63, 3.8) is 0 Å². The number of para-hydroxylation sites is 1. The number of methoxy groups -OCH3 is 1. The van der Waals surface area contributed by atoms with Crippen LogP contribution in [0.5, 0.6) is 0 Å². The van der Waals surface area contributed by atoms with Crippen molar-refractivity contribution in [3.05, 3.63) is 76.9 Å². The first kappa shape index (κ1) is 15.0. The summed E-state index contributed by atoms with van der Waals surface area (Å²) in [4.78, 5) is 11.6. The largest absolute Gasteiger partial charge is 0.465 e.